The molecule has 1 aromatic heterocycles. The van der Waals surface area contributed by atoms with Gasteiger partial charge in [-0.1, -0.05) is 44.5 Å². The molecule has 0 aliphatic carbocycles. The van der Waals surface area contributed by atoms with Crippen molar-refractivity contribution in [2.24, 2.45) is 7.05 Å². The number of aromatic nitrogens is 2. The lowest BCUT2D eigenvalue weighted by atomic mass is 9.95. The summed E-state index contributed by atoms with van der Waals surface area (Å²) in [5, 5.41) is 4.22. The molecule has 9 heteroatoms. The maximum Gasteiger partial charge on any atom is 0.264 e. The molecule has 38 heavy (non-hydrogen) atoms. The number of sulfonamides is 1. The third kappa shape index (κ3) is 6.05. The van der Waals surface area contributed by atoms with Crippen LogP contribution in [-0.2, 0) is 28.1 Å². The van der Waals surface area contributed by atoms with Gasteiger partial charge in [0.2, 0.25) is 0 Å². The normalized spacial score (nSPS) is 16.6. The summed E-state index contributed by atoms with van der Waals surface area (Å²) in [6, 6.07) is 11.1. The monoisotopic (exact) mass is 558 g/mol. The number of benzene rings is 2. The summed E-state index contributed by atoms with van der Waals surface area (Å²) in [6.07, 6.45) is 5.48. The van der Waals surface area contributed by atoms with E-state index < -0.39 is 25.8 Å². The Morgan fingerprint density at radius 3 is 2.29 bits per heavy atom. The minimum absolute atomic E-state index is 0.134. The summed E-state index contributed by atoms with van der Waals surface area (Å²) in [5.74, 6) is 0. The number of rotatable bonds is 5. The van der Waals surface area contributed by atoms with Crippen molar-refractivity contribution in [2.75, 3.05) is 17.9 Å². The van der Waals surface area contributed by atoms with Gasteiger partial charge in [0.1, 0.15) is 11.0 Å². The van der Waals surface area contributed by atoms with E-state index in [2.05, 4.69) is 18.9 Å². The molecule has 1 unspecified atom stereocenters. The first-order chi connectivity index (χ1) is 17.7. The van der Waals surface area contributed by atoms with Gasteiger partial charge in [-0.05, 0) is 75.4 Å². The summed E-state index contributed by atoms with van der Waals surface area (Å²) in [6.45, 7) is 14.2. The van der Waals surface area contributed by atoms with Crippen molar-refractivity contribution in [1.82, 2.24) is 14.1 Å². The number of aryl methyl sites for hydroxylation is 3. The first-order valence-electron chi connectivity index (χ1n) is 13.1. The minimum Gasteiger partial charge on any atom is -0.275 e. The van der Waals surface area contributed by atoms with Gasteiger partial charge >= 0.3 is 0 Å². The largest absolute Gasteiger partial charge is 0.275 e. The number of hydrogen-bond acceptors (Lipinski definition) is 4. The molecule has 0 fully saturated rings. The Morgan fingerprint density at radius 1 is 1.08 bits per heavy atom. The van der Waals surface area contributed by atoms with Gasteiger partial charge in [-0.3, -0.25) is 8.99 Å². The second-order valence-electron chi connectivity index (χ2n) is 10.9. The molecule has 208 valence electrons. The summed E-state index contributed by atoms with van der Waals surface area (Å²) < 4.78 is 45.9. The number of para-hydroxylation sites is 1. The molecule has 1 aliphatic rings. The van der Waals surface area contributed by atoms with Crippen LogP contribution in [0.2, 0.25) is 0 Å². The van der Waals surface area contributed by atoms with Crippen molar-refractivity contribution in [3.05, 3.63) is 65.5 Å². The average Bonchev–Trinajstić information content (AvgIpc) is 3.28. The predicted molar refractivity (Wildman–Crippen MR) is 158 cm³/mol. The number of anilines is 1. The van der Waals surface area contributed by atoms with Crippen molar-refractivity contribution in [3.8, 4) is 11.1 Å². The van der Waals surface area contributed by atoms with Crippen molar-refractivity contribution in [1.29, 1.82) is 0 Å². The summed E-state index contributed by atoms with van der Waals surface area (Å²) >= 11 is 0. The van der Waals surface area contributed by atoms with Crippen molar-refractivity contribution < 1.29 is 12.6 Å². The van der Waals surface area contributed by atoms with Crippen LogP contribution in [0.3, 0.4) is 0 Å². The van der Waals surface area contributed by atoms with Crippen molar-refractivity contribution in [2.45, 2.75) is 77.0 Å². The smallest absolute Gasteiger partial charge is 0.264 e. The van der Waals surface area contributed by atoms with Crippen molar-refractivity contribution in [3.63, 3.8) is 0 Å². The standard InChI is InChI=1S/C26H34N4O3S2.C3H8/c1-18-9-8-10-22-23(29(7)34(31)26(3,4)5)13-14-30(25(18)22)35(32,33)24-12-11-20(15-19(24)2)21-16-27-28(6)17-21;1-3-2/h8-12,15-17,23H,13-14H2,1-7H3;3H2,1-2H3/t23-,34?;/m0./s1. The second kappa shape index (κ2) is 11.7. The van der Waals surface area contributed by atoms with Crippen LogP contribution in [-0.4, -0.2) is 45.1 Å². The molecule has 2 aromatic carbocycles. The Labute approximate surface area is 231 Å². The minimum atomic E-state index is -3.80. The van der Waals surface area contributed by atoms with E-state index in [9.17, 15) is 12.6 Å². The molecular formula is C29H42N4O3S2. The van der Waals surface area contributed by atoms with Gasteiger partial charge < -0.3 is 0 Å². The number of hydrogen-bond donors (Lipinski definition) is 0. The van der Waals surface area contributed by atoms with Gasteiger partial charge in [-0.2, -0.15) is 5.10 Å². The molecular weight excluding hydrogens is 516 g/mol. The van der Waals surface area contributed by atoms with E-state index >= 15 is 0 Å². The number of nitrogens with zero attached hydrogens (tertiary/aromatic N) is 4. The highest BCUT2D eigenvalue weighted by molar-refractivity contribution is 7.93. The highest BCUT2D eigenvalue weighted by Crippen LogP contribution is 2.43. The van der Waals surface area contributed by atoms with Crippen LogP contribution >= 0.6 is 0 Å². The van der Waals surface area contributed by atoms with Crippen LogP contribution in [0.25, 0.3) is 11.1 Å². The quantitative estimate of drug-likeness (QED) is 0.376. The van der Waals surface area contributed by atoms with Gasteiger partial charge in [0.05, 0.1) is 27.6 Å². The first-order valence-corrected chi connectivity index (χ1v) is 15.6. The van der Waals surface area contributed by atoms with E-state index in [1.54, 1.807) is 16.9 Å². The van der Waals surface area contributed by atoms with E-state index in [1.807, 2.05) is 89.5 Å². The number of fused-ring (bicyclic) bond motifs is 1. The molecule has 1 aliphatic heterocycles. The maximum atomic E-state index is 14.0. The van der Waals surface area contributed by atoms with Crippen LogP contribution in [0.15, 0.2) is 53.7 Å². The lowest BCUT2D eigenvalue weighted by Gasteiger charge is -2.40. The van der Waals surface area contributed by atoms with Gasteiger partial charge in [0.15, 0.2) is 0 Å². The van der Waals surface area contributed by atoms with Gasteiger partial charge in [-0.25, -0.2) is 16.9 Å². The van der Waals surface area contributed by atoms with Crippen LogP contribution in [0.1, 0.15) is 70.2 Å². The van der Waals surface area contributed by atoms with E-state index in [1.165, 1.54) is 10.7 Å². The molecule has 0 radical (unpaired) electrons. The molecule has 3 aromatic rings. The van der Waals surface area contributed by atoms with Crippen LogP contribution in [0.4, 0.5) is 5.69 Å². The van der Waals surface area contributed by atoms with Gasteiger partial charge in [0, 0.05) is 32.4 Å². The Bertz CT molecular complexity index is 1410. The average molecular weight is 559 g/mol. The molecule has 0 saturated carbocycles. The molecule has 0 N–H and O–H groups in total. The zero-order chi connectivity index (χ0) is 28.4. The molecule has 0 amide bonds. The summed E-state index contributed by atoms with van der Waals surface area (Å²) in [7, 11) is -1.31. The Balaban J connectivity index is 0.00000127. The molecule has 0 saturated heterocycles. The van der Waals surface area contributed by atoms with E-state index in [0.29, 0.717) is 29.1 Å². The summed E-state index contributed by atoms with van der Waals surface area (Å²) in [5.41, 5.74) is 5.03. The van der Waals surface area contributed by atoms with E-state index in [4.69, 9.17) is 0 Å². The lowest BCUT2D eigenvalue weighted by molar-refractivity contribution is 0.366. The SMILES string of the molecule is CCC.Cc1cc(-c2cnn(C)c2)ccc1S(=O)(=O)N1CC[C@H](N(C)S(=O)C(C)(C)C)c2cccc(C)c21. The molecule has 2 heterocycles. The Hall–Kier alpha value is -2.49. The fraction of sp³-hybridized carbons (Fsp3) is 0.483. The molecule has 2 atom stereocenters. The zero-order valence-electron chi connectivity index (χ0n) is 24.1. The molecule has 0 spiro atoms. The Morgan fingerprint density at radius 2 is 1.74 bits per heavy atom. The Kier molecular flexibility index (Phi) is 9.27. The van der Waals surface area contributed by atoms with E-state index in [0.717, 1.165) is 22.3 Å². The topological polar surface area (TPSA) is 75.5 Å². The van der Waals surface area contributed by atoms with Crippen LogP contribution in [0.5, 0.6) is 0 Å². The molecule has 0 bridgehead atoms. The van der Waals surface area contributed by atoms with Crippen molar-refractivity contribution >= 4 is 26.7 Å². The zero-order valence-corrected chi connectivity index (χ0v) is 25.8. The van der Waals surface area contributed by atoms with Crippen LogP contribution in [0, 0.1) is 13.8 Å². The highest BCUT2D eigenvalue weighted by atomic mass is 32.2. The molecule has 4 rings (SSSR count). The molecule has 7 nitrogen and oxygen atoms in total. The van der Waals surface area contributed by atoms with E-state index in [-0.39, 0.29) is 6.04 Å². The first kappa shape index (κ1) is 30.1. The van der Waals surface area contributed by atoms with Crippen LogP contribution < -0.4 is 4.31 Å². The second-order valence-corrected chi connectivity index (χ2v) is 15.0. The summed E-state index contributed by atoms with van der Waals surface area (Å²) in [4.78, 5) is 0.296. The highest BCUT2D eigenvalue weighted by Gasteiger charge is 2.39. The lowest BCUT2D eigenvalue weighted by Crippen LogP contribution is -2.43. The third-order valence-electron chi connectivity index (χ3n) is 6.49. The van der Waals surface area contributed by atoms with Gasteiger partial charge in [-0.15, -0.1) is 0 Å². The third-order valence-corrected chi connectivity index (χ3v) is 10.3. The maximum absolute atomic E-state index is 14.0. The predicted octanol–water partition coefficient (Wildman–Crippen LogP) is 6.15. The van der Waals surface area contributed by atoms with Gasteiger partial charge in [0.25, 0.3) is 10.0 Å². The fourth-order valence-electron chi connectivity index (χ4n) is 4.77. The fourth-order valence-corrected chi connectivity index (χ4v) is 7.86.